The summed E-state index contributed by atoms with van der Waals surface area (Å²) in [7, 11) is 0. The van der Waals surface area contributed by atoms with E-state index in [1.807, 2.05) is 0 Å². The summed E-state index contributed by atoms with van der Waals surface area (Å²) in [4.78, 5) is 24.1. The molecular weight excluding hydrogens is 301 g/mol. The van der Waals surface area contributed by atoms with E-state index >= 15 is 0 Å². The van der Waals surface area contributed by atoms with Gasteiger partial charge in [-0.2, -0.15) is 0 Å². The molecule has 1 aromatic heterocycles. The van der Waals surface area contributed by atoms with Gasteiger partial charge in [-0.25, -0.2) is 4.39 Å². The zero-order valence-electron chi connectivity index (χ0n) is 12.6. The van der Waals surface area contributed by atoms with Crippen LogP contribution in [0.3, 0.4) is 0 Å². The highest BCUT2D eigenvalue weighted by molar-refractivity contribution is 5.97. The quantitative estimate of drug-likeness (QED) is 0.882. The first-order valence-corrected chi connectivity index (χ1v) is 7.28. The highest BCUT2D eigenvalue weighted by atomic mass is 19.1. The van der Waals surface area contributed by atoms with Gasteiger partial charge in [0.15, 0.2) is 5.82 Å². The van der Waals surface area contributed by atoms with E-state index in [4.69, 9.17) is 4.52 Å². The number of carbonyl (C=O) groups is 2. The lowest BCUT2D eigenvalue weighted by molar-refractivity contribution is -0.126. The van der Waals surface area contributed by atoms with Crippen LogP contribution in [0.5, 0.6) is 0 Å². The van der Waals surface area contributed by atoms with Gasteiger partial charge in [0.2, 0.25) is 11.8 Å². The largest absolute Gasteiger partial charge is 0.360 e. The molecule has 0 atom stereocenters. The van der Waals surface area contributed by atoms with Gasteiger partial charge in [-0.05, 0) is 25.8 Å². The van der Waals surface area contributed by atoms with Crippen LogP contribution in [0.25, 0.3) is 0 Å². The molecule has 1 aromatic carbocycles. The lowest BCUT2D eigenvalue weighted by Gasteiger charge is -2.16. The molecule has 0 spiro atoms. The topological polar surface area (TPSA) is 84.2 Å². The lowest BCUT2D eigenvalue weighted by Crippen LogP contribution is -2.39. The van der Waals surface area contributed by atoms with Gasteiger partial charge in [-0.15, -0.1) is 0 Å². The number of rotatable bonds is 5. The SMILES string of the molecule is Cc1cc(NC(=O)CNC(=O)C2(c3ccccc3F)CC2)no1. The van der Waals surface area contributed by atoms with E-state index in [1.54, 1.807) is 31.2 Å². The number of nitrogens with one attached hydrogen (secondary N) is 2. The van der Waals surface area contributed by atoms with Gasteiger partial charge in [0, 0.05) is 11.6 Å². The second-order valence-electron chi connectivity index (χ2n) is 5.62. The Kier molecular flexibility index (Phi) is 3.85. The molecule has 1 heterocycles. The van der Waals surface area contributed by atoms with Crippen LogP contribution in [0.4, 0.5) is 10.2 Å². The predicted molar refractivity (Wildman–Crippen MR) is 80.2 cm³/mol. The lowest BCUT2D eigenvalue weighted by atomic mass is 9.94. The first kappa shape index (κ1) is 15.2. The van der Waals surface area contributed by atoms with Gasteiger partial charge in [-0.3, -0.25) is 9.59 Å². The summed E-state index contributed by atoms with van der Waals surface area (Å²) in [6.07, 6.45) is 1.15. The van der Waals surface area contributed by atoms with Gasteiger partial charge >= 0.3 is 0 Å². The van der Waals surface area contributed by atoms with Gasteiger partial charge in [0.1, 0.15) is 11.6 Å². The summed E-state index contributed by atoms with van der Waals surface area (Å²) in [5, 5.41) is 8.70. The summed E-state index contributed by atoms with van der Waals surface area (Å²) >= 11 is 0. The van der Waals surface area contributed by atoms with Crippen LogP contribution in [-0.2, 0) is 15.0 Å². The molecule has 2 N–H and O–H groups in total. The summed E-state index contributed by atoms with van der Waals surface area (Å²) < 4.78 is 18.7. The number of anilines is 1. The van der Waals surface area contributed by atoms with Crippen molar-refractivity contribution in [3.8, 4) is 0 Å². The summed E-state index contributed by atoms with van der Waals surface area (Å²) in [6.45, 7) is 1.50. The Morgan fingerprint density at radius 1 is 1.35 bits per heavy atom. The molecule has 1 aliphatic rings. The molecule has 0 bridgehead atoms. The van der Waals surface area contributed by atoms with E-state index in [0.29, 0.717) is 24.2 Å². The highest BCUT2D eigenvalue weighted by Gasteiger charge is 2.52. The molecule has 2 aromatic rings. The highest BCUT2D eigenvalue weighted by Crippen LogP contribution is 2.49. The Bertz CT molecular complexity index is 753. The number of nitrogens with zero attached hydrogens (tertiary/aromatic N) is 1. The van der Waals surface area contributed by atoms with Crippen LogP contribution in [0.15, 0.2) is 34.9 Å². The minimum absolute atomic E-state index is 0.207. The Morgan fingerprint density at radius 3 is 2.70 bits per heavy atom. The van der Waals surface area contributed by atoms with Gasteiger partial charge in [0.25, 0.3) is 0 Å². The van der Waals surface area contributed by atoms with Crippen molar-refractivity contribution in [1.29, 1.82) is 0 Å². The van der Waals surface area contributed by atoms with Crippen LogP contribution >= 0.6 is 0 Å². The second kappa shape index (κ2) is 5.83. The summed E-state index contributed by atoms with van der Waals surface area (Å²) in [6, 6.07) is 7.80. The molecule has 23 heavy (non-hydrogen) atoms. The van der Waals surface area contributed by atoms with Crippen molar-refractivity contribution < 1.29 is 18.5 Å². The monoisotopic (exact) mass is 317 g/mol. The number of aromatic nitrogens is 1. The van der Waals surface area contributed by atoms with Crippen LogP contribution in [-0.4, -0.2) is 23.5 Å². The number of aryl methyl sites for hydroxylation is 1. The maximum atomic E-state index is 13.9. The molecule has 1 saturated carbocycles. The second-order valence-corrected chi connectivity index (χ2v) is 5.62. The van der Waals surface area contributed by atoms with Crippen molar-refractivity contribution >= 4 is 17.6 Å². The first-order chi connectivity index (χ1) is 11.0. The van der Waals surface area contributed by atoms with Crippen molar-refractivity contribution in [1.82, 2.24) is 10.5 Å². The molecule has 2 amide bonds. The van der Waals surface area contributed by atoms with E-state index in [1.165, 1.54) is 6.07 Å². The van der Waals surface area contributed by atoms with E-state index in [-0.39, 0.29) is 18.3 Å². The molecule has 0 unspecified atom stereocenters. The number of benzene rings is 1. The molecule has 3 rings (SSSR count). The van der Waals surface area contributed by atoms with E-state index in [2.05, 4.69) is 15.8 Å². The molecule has 6 nitrogen and oxygen atoms in total. The fourth-order valence-electron chi connectivity index (χ4n) is 2.54. The van der Waals surface area contributed by atoms with Crippen molar-refractivity contribution in [2.45, 2.75) is 25.2 Å². The average molecular weight is 317 g/mol. The molecule has 0 saturated heterocycles. The summed E-state index contributed by atoms with van der Waals surface area (Å²) in [5.41, 5.74) is -0.471. The Balaban J connectivity index is 1.59. The molecule has 0 aliphatic heterocycles. The third-order valence-electron chi connectivity index (χ3n) is 3.88. The van der Waals surface area contributed by atoms with Gasteiger partial charge in [0.05, 0.1) is 12.0 Å². The fraction of sp³-hybridized carbons (Fsp3) is 0.312. The third kappa shape index (κ3) is 3.08. The van der Waals surface area contributed by atoms with Gasteiger partial charge in [-0.1, -0.05) is 23.4 Å². The Morgan fingerprint density at radius 2 is 2.09 bits per heavy atom. The average Bonchev–Trinajstić information content (AvgIpc) is 3.23. The number of hydrogen-bond acceptors (Lipinski definition) is 4. The third-order valence-corrected chi connectivity index (χ3v) is 3.88. The van der Waals surface area contributed by atoms with Crippen LogP contribution in [0.1, 0.15) is 24.2 Å². The van der Waals surface area contributed by atoms with Crippen LogP contribution in [0, 0.1) is 12.7 Å². The van der Waals surface area contributed by atoms with Gasteiger partial charge < -0.3 is 15.2 Å². The normalized spacial score (nSPS) is 15.0. The fourth-order valence-corrected chi connectivity index (χ4v) is 2.54. The Hall–Kier alpha value is -2.70. The molecule has 7 heteroatoms. The van der Waals surface area contributed by atoms with Crippen molar-refractivity contribution in [3.05, 3.63) is 47.5 Å². The molecule has 1 fully saturated rings. The maximum absolute atomic E-state index is 13.9. The minimum Gasteiger partial charge on any atom is -0.360 e. The number of amides is 2. The molecule has 0 radical (unpaired) electrons. The zero-order valence-corrected chi connectivity index (χ0v) is 12.6. The minimum atomic E-state index is -0.851. The maximum Gasteiger partial charge on any atom is 0.245 e. The van der Waals surface area contributed by atoms with Crippen molar-refractivity contribution in [2.24, 2.45) is 0 Å². The zero-order chi connectivity index (χ0) is 16.4. The van der Waals surface area contributed by atoms with E-state index in [0.717, 1.165) is 0 Å². The predicted octanol–water partition coefficient (Wildman–Crippen LogP) is 1.91. The number of halogens is 1. The molecular formula is C16H16FN3O3. The van der Waals surface area contributed by atoms with E-state index in [9.17, 15) is 14.0 Å². The first-order valence-electron chi connectivity index (χ1n) is 7.28. The smallest absolute Gasteiger partial charge is 0.245 e. The standard InChI is InChI=1S/C16H16FN3O3/c1-10-8-13(20-23-10)19-14(21)9-18-15(22)16(6-7-16)11-4-2-3-5-12(11)17/h2-5,8H,6-7,9H2,1H3,(H,18,22)(H,19,20,21). The van der Waals surface area contributed by atoms with E-state index < -0.39 is 17.1 Å². The Labute approximate surface area is 132 Å². The van der Waals surface area contributed by atoms with Crippen LogP contribution in [0.2, 0.25) is 0 Å². The summed E-state index contributed by atoms with van der Waals surface area (Å²) in [5.74, 6) is -0.300. The van der Waals surface area contributed by atoms with Crippen molar-refractivity contribution in [2.75, 3.05) is 11.9 Å². The van der Waals surface area contributed by atoms with Crippen molar-refractivity contribution in [3.63, 3.8) is 0 Å². The molecule has 120 valence electrons. The molecule has 1 aliphatic carbocycles. The number of hydrogen-bond donors (Lipinski definition) is 2. The van der Waals surface area contributed by atoms with Crippen LogP contribution < -0.4 is 10.6 Å². The number of carbonyl (C=O) groups excluding carboxylic acids is 2.